The van der Waals surface area contributed by atoms with Crippen molar-refractivity contribution in [3.63, 3.8) is 0 Å². The molecule has 19 heavy (non-hydrogen) atoms. The lowest BCUT2D eigenvalue weighted by Crippen LogP contribution is -2.12. The Morgan fingerprint density at radius 3 is 1.58 bits per heavy atom. The summed E-state index contributed by atoms with van der Waals surface area (Å²) >= 11 is 0. The second-order valence-corrected chi connectivity index (χ2v) is 2.76. The predicted octanol–water partition coefficient (Wildman–Crippen LogP) is -0.274. The Kier molecular flexibility index (Phi) is 4.28. The van der Waals surface area contributed by atoms with Crippen LogP contribution < -0.4 is 0 Å². The highest BCUT2D eigenvalue weighted by Crippen LogP contribution is 2.22. The smallest absolute Gasteiger partial charge is 0.422 e. The first-order valence-electron chi connectivity index (χ1n) is 4.27. The van der Waals surface area contributed by atoms with E-state index in [9.17, 15) is 30.6 Å². The van der Waals surface area contributed by atoms with Crippen LogP contribution in [0.25, 0.3) is 0 Å². The minimum absolute atomic E-state index is 0.360. The lowest BCUT2D eigenvalue weighted by Gasteiger charge is -1.93. The molecule has 0 aliphatic carbocycles. The Labute approximate surface area is 101 Å². The molecule has 0 fully saturated rings. The number of hydroxylamine groups is 2. The summed E-state index contributed by atoms with van der Waals surface area (Å²) in [5.74, 6) is -1.25. The van der Waals surface area contributed by atoms with E-state index in [1.165, 1.54) is 0 Å². The van der Waals surface area contributed by atoms with Gasteiger partial charge in [-0.2, -0.15) is 0 Å². The first-order valence-corrected chi connectivity index (χ1v) is 4.27. The van der Waals surface area contributed by atoms with Crippen LogP contribution in [0.1, 0.15) is 0 Å². The molecule has 0 aliphatic heterocycles. The van der Waals surface area contributed by atoms with Crippen LogP contribution in [-0.2, 0) is 0 Å². The van der Waals surface area contributed by atoms with Gasteiger partial charge in [-0.1, -0.05) is 0 Å². The van der Waals surface area contributed by atoms with E-state index in [0.717, 1.165) is 0 Å². The molecule has 1 rings (SSSR count). The molecular formula is C4H4N8O7. The fraction of sp³-hybridized carbons (Fsp3) is 0.500. The SMILES string of the molecule is O=[N+]([O-])C[N+]([O-])=Nc1nonc1N=[N+]([O-])C[N+](=O)[O-]. The number of hydrogen-bond acceptors (Lipinski definition) is 11. The minimum Gasteiger partial charge on any atom is -0.595 e. The summed E-state index contributed by atoms with van der Waals surface area (Å²) in [7, 11) is 0. The van der Waals surface area contributed by atoms with Crippen LogP contribution in [0.3, 0.4) is 0 Å². The number of azo groups is 2. The Hall–Kier alpha value is -3.26. The van der Waals surface area contributed by atoms with Crippen molar-refractivity contribution in [2.75, 3.05) is 13.3 Å². The van der Waals surface area contributed by atoms with Gasteiger partial charge in [0.1, 0.15) is 0 Å². The zero-order chi connectivity index (χ0) is 14.4. The van der Waals surface area contributed by atoms with Gasteiger partial charge in [0.15, 0.2) is 0 Å². The Morgan fingerprint density at radius 1 is 0.895 bits per heavy atom. The van der Waals surface area contributed by atoms with Crippen LogP contribution in [-0.4, -0.2) is 43.2 Å². The molecule has 0 amide bonds. The first-order chi connectivity index (χ1) is 8.88. The largest absolute Gasteiger partial charge is 0.595 e. The molecule has 0 atom stereocenters. The van der Waals surface area contributed by atoms with Crippen molar-refractivity contribution in [2.45, 2.75) is 0 Å². The van der Waals surface area contributed by atoms with E-state index < -0.39 is 34.8 Å². The number of aromatic nitrogens is 2. The lowest BCUT2D eigenvalue weighted by atomic mass is 10.7. The fourth-order valence-electron chi connectivity index (χ4n) is 0.777. The molecular weight excluding hydrogens is 272 g/mol. The maximum atomic E-state index is 10.9. The van der Waals surface area contributed by atoms with Gasteiger partial charge in [0.2, 0.25) is 0 Å². The van der Waals surface area contributed by atoms with Crippen molar-refractivity contribution >= 4 is 11.6 Å². The van der Waals surface area contributed by atoms with Crippen LogP contribution in [0.2, 0.25) is 0 Å². The third kappa shape index (κ3) is 4.63. The summed E-state index contributed by atoms with van der Waals surface area (Å²) in [5, 5.41) is 54.0. The monoisotopic (exact) mass is 276 g/mol. The molecule has 1 aromatic heterocycles. The third-order valence-electron chi connectivity index (χ3n) is 1.34. The molecule has 0 spiro atoms. The van der Waals surface area contributed by atoms with Gasteiger partial charge in [-0.25, -0.2) is 4.63 Å². The van der Waals surface area contributed by atoms with E-state index in [1.54, 1.807) is 0 Å². The molecule has 0 saturated heterocycles. The Morgan fingerprint density at radius 2 is 1.26 bits per heavy atom. The molecule has 15 nitrogen and oxygen atoms in total. The fourth-order valence-corrected chi connectivity index (χ4v) is 0.777. The van der Waals surface area contributed by atoms with E-state index >= 15 is 0 Å². The molecule has 0 unspecified atom stereocenters. The van der Waals surface area contributed by atoms with Crippen molar-refractivity contribution in [3.8, 4) is 0 Å². The number of nitrogens with zero attached hydrogens (tertiary/aromatic N) is 8. The van der Waals surface area contributed by atoms with Gasteiger partial charge in [0.05, 0.1) is 9.85 Å². The van der Waals surface area contributed by atoms with Crippen molar-refractivity contribution < 1.29 is 24.2 Å². The molecule has 1 aromatic rings. The van der Waals surface area contributed by atoms with Gasteiger partial charge in [0, 0.05) is 10.2 Å². The summed E-state index contributed by atoms with van der Waals surface area (Å²) < 4.78 is 4.10. The van der Waals surface area contributed by atoms with Crippen molar-refractivity contribution in [1.82, 2.24) is 10.3 Å². The van der Waals surface area contributed by atoms with Crippen molar-refractivity contribution in [1.29, 1.82) is 0 Å². The number of rotatable bonds is 6. The van der Waals surface area contributed by atoms with Gasteiger partial charge >= 0.3 is 25.0 Å². The van der Waals surface area contributed by atoms with E-state index in [2.05, 4.69) is 25.2 Å². The standard InChI is InChI=1S/C4H4N8O7/c13-9(1-11(15)16)5-3-4(8-19-7-3)6-10(14)2-12(17)18/h1-2H2. The summed E-state index contributed by atoms with van der Waals surface area (Å²) in [5.41, 5.74) is 0. The van der Waals surface area contributed by atoms with E-state index in [0.29, 0.717) is 0 Å². The van der Waals surface area contributed by atoms with Crippen LogP contribution in [0.5, 0.6) is 0 Å². The first kappa shape index (κ1) is 13.8. The second-order valence-electron chi connectivity index (χ2n) is 2.76. The van der Waals surface area contributed by atoms with Gasteiger partial charge in [-0.15, -0.1) is 0 Å². The maximum Gasteiger partial charge on any atom is 0.422 e. The van der Waals surface area contributed by atoms with E-state index in [-0.39, 0.29) is 9.72 Å². The van der Waals surface area contributed by atoms with Gasteiger partial charge in [-0.05, 0) is 20.0 Å². The highest BCUT2D eigenvalue weighted by Gasteiger charge is 2.18. The van der Waals surface area contributed by atoms with Crippen LogP contribution in [0.15, 0.2) is 14.9 Å². The maximum absolute atomic E-state index is 10.9. The highest BCUT2D eigenvalue weighted by molar-refractivity contribution is 5.46. The van der Waals surface area contributed by atoms with Crippen molar-refractivity contribution in [3.05, 3.63) is 30.6 Å². The summed E-state index contributed by atoms with van der Waals surface area (Å²) in [6, 6.07) is 0. The van der Waals surface area contributed by atoms with Crippen LogP contribution in [0, 0.1) is 30.6 Å². The molecule has 1 heterocycles. The Balaban J connectivity index is 2.92. The van der Waals surface area contributed by atoms with Gasteiger partial charge in [-0.3, -0.25) is 20.2 Å². The van der Waals surface area contributed by atoms with E-state index in [4.69, 9.17) is 0 Å². The zero-order valence-electron chi connectivity index (χ0n) is 8.85. The quantitative estimate of drug-likeness (QED) is 0.220. The molecule has 0 aliphatic rings. The Bertz CT molecular complexity index is 501. The summed E-state index contributed by atoms with van der Waals surface area (Å²) in [4.78, 5) is 17.4. The predicted molar refractivity (Wildman–Crippen MR) is 49.5 cm³/mol. The molecule has 0 radical (unpaired) electrons. The summed E-state index contributed by atoms with van der Waals surface area (Å²) in [6.07, 6.45) is 0. The zero-order valence-corrected chi connectivity index (χ0v) is 8.85. The lowest BCUT2D eigenvalue weighted by molar-refractivity contribution is -0.711. The van der Waals surface area contributed by atoms with Crippen LogP contribution >= 0.6 is 0 Å². The average Bonchev–Trinajstić information content (AvgIpc) is 2.62. The van der Waals surface area contributed by atoms with E-state index in [1.807, 2.05) is 0 Å². The van der Waals surface area contributed by atoms with Gasteiger partial charge < -0.3 is 10.4 Å². The summed E-state index contributed by atoms with van der Waals surface area (Å²) in [6.45, 7) is -2.36. The molecule has 0 bridgehead atoms. The van der Waals surface area contributed by atoms with Crippen molar-refractivity contribution in [2.24, 2.45) is 10.2 Å². The average molecular weight is 276 g/mol. The normalized spacial score (nSPS) is 12.4. The van der Waals surface area contributed by atoms with Gasteiger partial charge in [0.25, 0.3) is 0 Å². The third-order valence-corrected chi connectivity index (χ3v) is 1.34. The molecule has 0 N–H and O–H groups in total. The molecule has 102 valence electrons. The second kappa shape index (κ2) is 5.89. The molecule has 0 saturated carbocycles. The highest BCUT2D eigenvalue weighted by atomic mass is 16.6. The molecule has 15 heteroatoms. The minimum atomic E-state index is -1.18. The number of nitro groups is 2. The van der Waals surface area contributed by atoms with Crippen LogP contribution in [0.4, 0.5) is 11.6 Å². The topological polar surface area (TPSA) is 202 Å². The molecule has 0 aromatic carbocycles. The number of hydrogen-bond donors (Lipinski definition) is 0.